The van der Waals surface area contributed by atoms with Crippen molar-refractivity contribution in [3.8, 4) is 0 Å². The normalized spacial score (nSPS) is 17.0. The molecule has 0 radical (unpaired) electrons. The van der Waals surface area contributed by atoms with E-state index >= 15 is 0 Å². The topological polar surface area (TPSA) is 57.6 Å². The van der Waals surface area contributed by atoms with Crippen molar-refractivity contribution in [3.05, 3.63) is 29.8 Å². The number of hydrogen-bond donors (Lipinski definition) is 1. The molecule has 0 atom stereocenters. The van der Waals surface area contributed by atoms with Crippen LogP contribution in [0.25, 0.3) is 0 Å². The lowest BCUT2D eigenvalue weighted by Crippen LogP contribution is -2.45. The molecule has 2 rings (SSSR count). The molecule has 0 aromatic heterocycles. The van der Waals surface area contributed by atoms with Gasteiger partial charge in [0.1, 0.15) is 0 Å². The van der Waals surface area contributed by atoms with Crippen LogP contribution in [0.3, 0.4) is 0 Å². The average molecular weight is 323 g/mol. The maximum absolute atomic E-state index is 13.0. The first-order valence-corrected chi connectivity index (χ1v) is 8.01. The lowest BCUT2D eigenvalue weighted by molar-refractivity contribution is -0.139. The first-order chi connectivity index (χ1) is 9.78. The van der Waals surface area contributed by atoms with Gasteiger partial charge in [0, 0.05) is 12.6 Å². The number of rotatable bonds is 5. The number of alkyl halides is 3. The molecule has 0 aliphatic heterocycles. The number of benzene rings is 1. The van der Waals surface area contributed by atoms with Crippen LogP contribution in [0.2, 0.25) is 0 Å². The van der Waals surface area contributed by atoms with E-state index in [0.717, 1.165) is 28.9 Å². The maximum atomic E-state index is 13.0. The van der Waals surface area contributed by atoms with Crippen molar-refractivity contribution in [2.75, 3.05) is 13.2 Å². The summed E-state index contributed by atoms with van der Waals surface area (Å²) in [5.41, 5.74) is -1.17. The number of halogens is 3. The Hall–Kier alpha value is -1.12. The molecule has 0 saturated heterocycles. The second-order valence-corrected chi connectivity index (χ2v) is 6.78. The molecule has 8 heteroatoms. The van der Waals surface area contributed by atoms with E-state index in [-0.39, 0.29) is 12.6 Å². The second kappa shape index (κ2) is 5.94. The number of hydrogen-bond acceptors (Lipinski definition) is 3. The molecule has 4 nitrogen and oxygen atoms in total. The summed E-state index contributed by atoms with van der Waals surface area (Å²) in [4.78, 5) is -0.752. The van der Waals surface area contributed by atoms with E-state index in [4.69, 9.17) is 5.11 Å². The van der Waals surface area contributed by atoms with Crippen LogP contribution >= 0.6 is 0 Å². The lowest BCUT2D eigenvalue weighted by atomic mass is 9.93. The molecule has 1 saturated carbocycles. The van der Waals surface area contributed by atoms with E-state index in [1.807, 2.05) is 0 Å². The Labute approximate surface area is 121 Å². The molecule has 0 spiro atoms. The highest BCUT2D eigenvalue weighted by molar-refractivity contribution is 7.89. The van der Waals surface area contributed by atoms with Crippen molar-refractivity contribution < 1.29 is 26.7 Å². The zero-order valence-corrected chi connectivity index (χ0v) is 12.0. The van der Waals surface area contributed by atoms with E-state index in [9.17, 15) is 21.6 Å². The van der Waals surface area contributed by atoms with Crippen LogP contribution in [-0.4, -0.2) is 37.0 Å². The van der Waals surface area contributed by atoms with E-state index < -0.39 is 33.3 Å². The van der Waals surface area contributed by atoms with Gasteiger partial charge in [-0.1, -0.05) is 18.6 Å². The molecule has 0 unspecified atom stereocenters. The highest BCUT2D eigenvalue weighted by Gasteiger charge is 2.41. The van der Waals surface area contributed by atoms with Gasteiger partial charge in [-0.3, -0.25) is 0 Å². The van der Waals surface area contributed by atoms with Crippen molar-refractivity contribution in [1.82, 2.24) is 4.31 Å². The zero-order chi connectivity index (χ0) is 15.7. The van der Waals surface area contributed by atoms with E-state index in [1.54, 1.807) is 0 Å². The van der Waals surface area contributed by atoms with Gasteiger partial charge >= 0.3 is 6.18 Å². The molecular weight excluding hydrogens is 307 g/mol. The molecule has 0 heterocycles. The van der Waals surface area contributed by atoms with Crippen LogP contribution in [0.15, 0.2) is 29.2 Å². The van der Waals surface area contributed by atoms with Gasteiger partial charge in [0.2, 0.25) is 10.0 Å². The van der Waals surface area contributed by atoms with Gasteiger partial charge in [0.25, 0.3) is 0 Å². The zero-order valence-electron chi connectivity index (χ0n) is 11.2. The van der Waals surface area contributed by atoms with Crippen LogP contribution < -0.4 is 0 Å². The first-order valence-electron chi connectivity index (χ1n) is 6.57. The summed E-state index contributed by atoms with van der Waals surface area (Å²) >= 11 is 0. The summed E-state index contributed by atoms with van der Waals surface area (Å²) in [6.45, 7) is -0.622. The van der Waals surface area contributed by atoms with Gasteiger partial charge in [-0.2, -0.15) is 17.5 Å². The fraction of sp³-hybridized carbons (Fsp3) is 0.538. The third-order valence-corrected chi connectivity index (χ3v) is 5.59. The first kappa shape index (κ1) is 16.3. The van der Waals surface area contributed by atoms with E-state index in [2.05, 4.69) is 0 Å². The highest BCUT2D eigenvalue weighted by Crippen LogP contribution is 2.37. The van der Waals surface area contributed by atoms with E-state index in [1.165, 1.54) is 6.07 Å². The van der Waals surface area contributed by atoms with Gasteiger partial charge < -0.3 is 5.11 Å². The molecule has 21 heavy (non-hydrogen) atoms. The Morgan fingerprint density at radius 1 is 1.24 bits per heavy atom. The summed E-state index contributed by atoms with van der Waals surface area (Å²) in [5.74, 6) is 0. The molecule has 0 bridgehead atoms. The van der Waals surface area contributed by atoms with Gasteiger partial charge in [0.15, 0.2) is 0 Å². The molecule has 1 fully saturated rings. The standard InChI is InChI=1S/C13H16F3NO3S/c14-13(15,16)11-6-1-2-7-12(11)21(19,20)17(8-9-18)10-4-3-5-10/h1-2,6-7,10,18H,3-5,8-9H2. The highest BCUT2D eigenvalue weighted by atomic mass is 32.2. The number of sulfonamides is 1. The van der Waals surface area contributed by atoms with Crippen LogP contribution in [0.4, 0.5) is 13.2 Å². The Bertz CT molecular complexity index is 597. The molecule has 1 aliphatic rings. The average Bonchev–Trinajstić information content (AvgIpc) is 2.35. The predicted molar refractivity (Wildman–Crippen MR) is 70.1 cm³/mol. The summed E-state index contributed by atoms with van der Waals surface area (Å²) in [6.07, 6.45) is -2.70. The summed E-state index contributed by atoms with van der Waals surface area (Å²) in [7, 11) is -4.28. The number of aliphatic hydroxyl groups is 1. The monoisotopic (exact) mass is 323 g/mol. The molecule has 0 amide bonds. The summed E-state index contributed by atoms with van der Waals surface area (Å²) in [5, 5.41) is 9.02. The third-order valence-electron chi connectivity index (χ3n) is 3.58. The Balaban J connectivity index is 2.47. The minimum Gasteiger partial charge on any atom is -0.395 e. The van der Waals surface area contributed by atoms with Crippen molar-refractivity contribution in [2.24, 2.45) is 0 Å². The number of nitrogens with zero attached hydrogens (tertiary/aromatic N) is 1. The number of aliphatic hydroxyl groups excluding tert-OH is 1. The van der Waals surface area contributed by atoms with Crippen LogP contribution in [0, 0.1) is 0 Å². The molecule has 1 aromatic carbocycles. The van der Waals surface area contributed by atoms with Crippen molar-refractivity contribution in [2.45, 2.75) is 36.4 Å². The largest absolute Gasteiger partial charge is 0.417 e. The van der Waals surface area contributed by atoms with Crippen LogP contribution in [-0.2, 0) is 16.2 Å². The summed E-state index contributed by atoms with van der Waals surface area (Å²) in [6, 6.07) is 3.80. The van der Waals surface area contributed by atoms with Gasteiger partial charge in [-0.25, -0.2) is 8.42 Å². The van der Waals surface area contributed by atoms with Crippen LogP contribution in [0.1, 0.15) is 24.8 Å². The fourth-order valence-electron chi connectivity index (χ4n) is 2.32. The van der Waals surface area contributed by atoms with Crippen LogP contribution in [0.5, 0.6) is 0 Å². The Morgan fingerprint density at radius 2 is 1.86 bits per heavy atom. The molecule has 118 valence electrons. The van der Waals surface area contributed by atoms with Gasteiger partial charge in [-0.05, 0) is 25.0 Å². The van der Waals surface area contributed by atoms with Crippen molar-refractivity contribution in [1.29, 1.82) is 0 Å². The molecule has 1 aromatic rings. The van der Waals surface area contributed by atoms with E-state index in [0.29, 0.717) is 12.8 Å². The minimum absolute atomic E-state index is 0.195. The lowest BCUT2D eigenvalue weighted by Gasteiger charge is -2.36. The smallest absolute Gasteiger partial charge is 0.395 e. The minimum atomic E-state index is -4.74. The molecule has 1 N–H and O–H groups in total. The van der Waals surface area contributed by atoms with Gasteiger partial charge in [0.05, 0.1) is 17.1 Å². The fourth-order valence-corrected chi connectivity index (χ4v) is 4.21. The summed E-state index contributed by atoms with van der Waals surface area (Å²) < 4.78 is 65.0. The quantitative estimate of drug-likeness (QED) is 0.904. The van der Waals surface area contributed by atoms with Crippen molar-refractivity contribution >= 4 is 10.0 Å². The SMILES string of the molecule is O=S(=O)(c1ccccc1C(F)(F)F)N(CCO)C1CCC1. The predicted octanol–water partition coefficient (Wildman–Crippen LogP) is 2.24. The third kappa shape index (κ3) is 3.22. The van der Waals surface area contributed by atoms with Gasteiger partial charge in [-0.15, -0.1) is 0 Å². The maximum Gasteiger partial charge on any atom is 0.417 e. The molecule has 1 aliphatic carbocycles. The molecular formula is C13H16F3NO3S. The Kier molecular flexibility index (Phi) is 4.60. The second-order valence-electron chi connectivity index (χ2n) is 4.92. The van der Waals surface area contributed by atoms with Crippen molar-refractivity contribution in [3.63, 3.8) is 0 Å². The Morgan fingerprint density at radius 3 is 2.33 bits per heavy atom.